The molecule has 1 unspecified atom stereocenters. The van der Waals surface area contributed by atoms with Crippen molar-refractivity contribution in [2.75, 3.05) is 12.8 Å². The SMILES string of the molecule is COC(=O)C(c1ccccc1)c1nc2c(s1)c1cnn(Cc3cccc(N)c3C=N)c(=O)c1n2C. The molecule has 176 valence electrons. The molecule has 35 heavy (non-hydrogen) atoms. The highest BCUT2D eigenvalue weighted by Gasteiger charge is 2.29. The van der Waals surface area contributed by atoms with Gasteiger partial charge in [-0.05, 0) is 17.2 Å². The molecule has 2 aromatic carbocycles. The van der Waals surface area contributed by atoms with Crippen LogP contribution in [0.2, 0.25) is 0 Å². The number of aryl methyl sites for hydroxylation is 1. The van der Waals surface area contributed by atoms with Crippen LogP contribution >= 0.6 is 11.3 Å². The summed E-state index contributed by atoms with van der Waals surface area (Å²) in [5.74, 6) is -1.06. The van der Waals surface area contributed by atoms with Gasteiger partial charge in [-0.15, -0.1) is 11.3 Å². The Kier molecular flexibility index (Phi) is 5.65. The summed E-state index contributed by atoms with van der Waals surface area (Å²) in [4.78, 5) is 30.8. The summed E-state index contributed by atoms with van der Waals surface area (Å²) in [6.07, 6.45) is 2.83. The summed E-state index contributed by atoms with van der Waals surface area (Å²) in [7, 11) is 3.14. The van der Waals surface area contributed by atoms with Crippen LogP contribution in [0, 0.1) is 5.41 Å². The summed E-state index contributed by atoms with van der Waals surface area (Å²) in [6.45, 7) is 0.181. The molecule has 3 N–H and O–H groups in total. The lowest BCUT2D eigenvalue weighted by atomic mass is 10.0. The van der Waals surface area contributed by atoms with Gasteiger partial charge in [0.25, 0.3) is 5.56 Å². The minimum absolute atomic E-state index is 0.181. The van der Waals surface area contributed by atoms with Gasteiger partial charge >= 0.3 is 5.97 Å². The highest BCUT2D eigenvalue weighted by atomic mass is 32.1. The van der Waals surface area contributed by atoms with E-state index in [9.17, 15) is 9.59 Å². The Morgan fingerprint density at radius 3 is 2.71 bits per heavy atom. The summed E-state index contributed by atoms with van der Waals surface area (Å²) in [5.41, 5.74) is 9.33. The Morgan fingerprint density at radius 1 is 1.23 bits per heavy atom. The molecule has 5 aromatic rings. The molecule has 0 bridgehead atoms. The molecule has 0 aliphatic carbocycles. The number of carbonyl (C=O) groups excluding carboxylic acids is 1. The fraction of sp³-hybridized carbons (Fsp3) is 0.160. The standard InChI is InChI=1S/C25H22N6O3S/c1-30-20-17(12-28-31(24(20)32)13-15-9-6-10-18(27)16(15)11-26)21-22(30)29-23(35-21)19(25(33)34-2)14-7-4-3-5-8-14/h3-12,19,26H,13,27H2,1-2H3. The van der Waals surface area contributed by atoms with Crippen molar-refractivity contribution in [1.29, 1.82) is 5.41 Å². The first-order valence-corrected chi connectivity index (χ1v) is 11.6. The maximum atomic E-state index is 13.4. The van der Waals surface area contributed by atoms with Crippen molar-refractivity contribution in [3.8, 4) is 0 Å². The van der Waals surface area contributed by atoms with Gasteiger partial charge in [0.2, 0.25) is 0 Å². The molecule has 0 radical (unpaired) electrons. The molecular weight excluding hydrogens is 464 g/mol. The molecule has 0 aliphatic heterocycles. The van der Waals surface area contributed by atoms with Gasteiger partial charge in [0, 0.05) is 29.9 Å². The van der Waals surface area contributed by atoms with Gasteiger partial charge < -0.3 is 20.4 Å². The van der Waals surface area contributed by atoms with Crippen molar-refractivity contribution in [2.24, 2.45) is 7.05 Å². The Labute approximate surface area is 203 Å². The van der Waals surface area contributed by atoms with Gasteiger partial charge in [-0.2, -0.15) is 5.10 Å². The van der Waals surface area contributed by atoms with E-state index in [2.05, 4.69) is 5.10 Å². The van der Waals surface area contributed by atoms with E-state index in [1.54, 1.807) is 29.9 Å². The first-order chi connectivity index (χ1) is 16.9. The molecule has 0 saturated heterocycles. The number of aromatic nitrogens is 4. The minimum Gasteiger partial charge on any atom is -0.468 e. The topological polar surface area (TPSA) is 129 Å². The van der Waals surface area contributed by atoms with Crippen LogP contribution in [-0.4, -0.2) is 38.6 Å². The summed E-state index contributed by atoms with van der Waals surface area (Å²) in [5, 5.41) is 13.3. The maximum Gasteiger partial charge on any atom is 0.320 e. The molecular formula is C25H22N6O3S. The number of fused-ring (bicyclic) bond motifs is 3. The predicted octanol–water partition coefficient (Wildman–Crippen LogP) is 3.28. The third-order valence-corrected chi connectivity index (χ3v) is 7.20. The van der Waals surface area contributed by atoms with Crippen LogP contribution in [0.1, 0.15) is 27.6 Å². The third kappa shape index (κ3) is 3.68. The van der Waals surface area contributed by atoms with Crippen LogP contribution in [0.25, 0.3) is 21.3 Å². The Hall–Kier alpha value is -4.31. The number of benzene rings is 2. The number of rotatable bonds is 6. The number of thiazole rings is 1. The molecule has 3 aromatic heterocycles. The van der Waals surface area contributed by atoms with Gasteiger partial charge in [-0.1, -0.05) is 42.5 Å². The molecule has 0 spiro atoms. The Bertz CT molecular complexity index is 1650. The van der Waals surface area contributed by atoms with Crippen LogP contribution < -0.4 is 11.3 Å². The number of nitrogen functional groups attached to an aromatic ring is 1. The highest BCUT2D eigenvalue weighted by Crippen LogP contribution is 2.36. The van der Waals surface area contributed by atoms with Crippen molar-refractivity contribution in [1.82, 2.24) is 19.3 Å². The van der Waals surface area contributed by atoms with Crippen molar-refractivity contribution in [2.45, 2.75) is 12.5 Å². The van der Waals surface area contributed by atoms with Crippen molar-refractivity contribution < 1.29 is 9.53 Å². The first kappa shape index (κ1) is 22.5. The average molecular weight is 487 g/mol. The Balaban J connectivity index is 1.63. The first-order valence-electron chi connectivity index (χ1n) is 10.8. The number of carbonyl (C=O) groups is 1. The second-order valence-electron chi connectivity index (χ2n) is 8.06. The van der Waals surface area contributed by atoms with Gasteiger partial charge in [0.1, 0.15) is 16.4 Å². The van der Waals surface area contributed by atoms with E-state index < -0.39 is 11.9 Å². The fourth-order valence-corrected chi connectivity index (χ4v) is 5.52. The van der Waals surface area contributed by atoms with Crippen LogP contribution in [0.4, 0.5) is 5.69 Å². The summed E-state index contributed by atoms with van der Waals surface area (Å²) < 4.78 is 8.94. The normalized spacial score (nSPS) is 12.2. The predicted molar refractivity (Wildman–Crippen MR) is 136 cm³/mol. The summed E-state index contributed by atoms with van der Waals surface area (Å²) in [6, 6.07) is 14.7. The molecule has 1 atom stereocenters. The molecule has 0 saturated carbocycles. The second-order valence-corrected chi connectivity index (χ2v) is 9.10. The minimum atomic E-state index is -0.662. The summed E-state index contributed by atoms with van der Waals surface area (Å²) >= 11 is 1.35. The number of nitrogens with two attached hydrogens (primary N) is 1. The average Bonchev–Trinajstić information content (AvgIpc) is 3.40. The monoisotopic (exact) mass is 486 g/mol. The lowest BCUT2D eigenvalue weighted by Crippen LogP contribution is -2.25. The Morgan fingerprint density at radius 2 is 2.00 bits per heavy atom. The fourth-order valence-electron chi connectivity index (χ4n) is 4.29. The van der Waals surface area contributed by atoms with Crippen LogP contribution in [0.5, 0.6) is 0 Å². The highest BCUT2D eigenvalue weighted by molar-refractivity contribution is 7.19. The molecule has 3 heterocycles. The van der Waals surface area contributed by atoms with Crippen molar-refractivity contribution in [3.63, 3.8) is 0 Å². The van der Waals surface area contributed by atoms with Crippen LogP contribution in [0.3, 0.4) is 0 Å². The number of nitrogens with one attached hydrogen (secondary N) is 1. The van der Waals surface area contributed by atoms with E-state index in [1.807, 2.05) is 36.4 Å². The van der Waals surface area contributed by atoms with Gasteiger partial charge in [0.15, 0.2) is 5.65 Å². The largest absolute Gasteiger partial charge is 0.468 e. The smallest absolute Gasteiger partial charge is 0.320 e. The van der Waals surface area contributed by atoms with Crippen LogP contribution in [-0.2, 0) is 23.1 Å². The number of esters is 1. The maximum absolute atomic E-state index is 13.4. The van der Waals surface area contributed by atoms with E-state index in [1.165, 1.54) is 29.3 Å². The van der Waals surface area contributed by atoms with Crippen LogP contribution in [0.15, 0.2) is 59.5 Å². The molecule has 0 amide bonds. The number of anilines is 1. The quantitative estimate of drug-likeness (QED) is 0.215. The van der Waals surface area contributed by atoms with Gasteiger partial charge in [-0.3, -0.25) is 9.59 Å². The molecule has 0 aliphatic rings. The number of nitrogens with zero attached hydrogens (tertiary/aromatic N) is 4. The molecule has 9 nitrogen and oxygen atoms in total. The van der Waals surface area contributed by atoms with E-state index in [4.69, 9.17) is 20.9 Å². The van der Waals surface area contributed by atoms with Gasteiger partial charge in [-0.25, -0.2) is 9.67 Å². The lowest BCUT2D eigenvalue weighted by Gasteiger charge is -2.12. The molecule has 0 fully saturated rings. The van der Waals surface area contributed by atoms with E-state index in [-0.39, 0.29) is 12.1 Å². The zero-order chi connectivity index (χ0) is 24.7. The third-order valence-electron chi connectivity index (χ3n) is 6.05. The van der Waals surface area contributed by atoms with E-state index in [0.29, 0.717) is 32.8 Å². The zero-order valence-electron chi connectivity index (χ0n) is 19.1. The number of methoxy groups -OCH3 is 1. The second kappa shape index (κ2) is 8.80. The van der Waals surface area contributed by atoms with E-state index in [0.717, 1.165) is 15.8 Å². The number of ether oxygens (including phenoxy) is 1. The van der Waals surface area contributed by atoms with E-state index >= 15 is 0 Å². The lowest BCUT2D eigenvalue weighted by molar-refractivity contribution is -0.141. The molecule has 10 heteroatoms. The zero-order valence-corrected chi connectivity index (χ0v) is 19.9. The molecule has 5 rings (SSSR count). The van der Waals surface area contributed by atoms with Crippen molar-refractivity contribution in [3.05, 3.63) is 86.8 Å². The van der Waals surface area contributed by atoms with Crippen molar-refractivity contribution >= 4 is 50.5 Å². The van der Waals surface area contributed by atoms with Gasteiger partial charge in [0.05, 0.1) is 24.6 Å². The number of hydrogen-bond donors (Lipinski definition) is 2. The number of hydrogen-bond acceptors (Lipinski definition) is 8.